The highest BCUT2D eigenvalue weighted by Crippen LogP contribution is 2.29. The van der Waals surface area contributed by atoms with E-state index in [-0.39, 0.29) is 30.8 Å². The molecule has 1 N–H and O–H groups in total. The van der Waals surface area contributed by atoms with Crippen molar-refractivity contribution in [2.24, 2.45) is 0 Å². The number of anilines is 1. The minimum Gasteiger partial charge on any atom is -0.466 e. The number of ketones is 1. The summed E-state index contributed by atoms with van der Waals surface area (Å²) in [5, 5.41) is 9.81. The van der Waals surface area contributed by atoms with Crippen molar-refractivity contribution in [3.8, 4) is 0 Å². The van der Waals surface area contributed by atoms with Gasteiger partial charge in [0.2, 0.25) is 0 Å². The van der Waals surface area contributed by atoms with Gasteiger partial charge in [-0.15, -0.1) is 0 Å². The molecular weight excluding hydrogens is 281 g/mol. The second kappa shape index (κ2) is 6.01. The number of Topliss-reactive ketones (excluding diaryl/α,β-unsaturated/α-hetero) is 1. The van der Waals surface area contributed by atoms with Crippen LogP contribution in [0.25, 0.3) is 0 Å². The molecule has 2 rings (SSSR count). The Morgan fingerprint density at radius 2 is 2.14 bits per heavy atom. The molecule has 1 aliphatic rings. The van der Waals surface area contributed by atoms with E-state index in [4.69, 9.17) is 4.74 Å². The Balaban J connectivity index is 2.13. The second-order valence-corrected chi connectivity index (χ2v) is 4.57. The maximum atomic E-state index is 13.1. The number of amides is 1. The van der Waals surface area contributed by atoms with Crippen LogP contribution in [0.1, 0.15) is 23.7 Å². The van der Waals surface area contributed by atoms with Gasteiger partial charge in [-0.1, -0.05) is 0 Å². The van der Waals surface area contributed by atoms with E-state index in [1.807, 2.05) is 0 Å². The van der Waals surface area contributed by atoms with Gasteiger partial charge in [-0.3, -0.25) is 14.4 Å². The zero-order valence-corrected chi connectivity index (χ0v) is 11.3. The molecule has 1 aromatic carbocycles. The number of fused-ring (bicyclic) bond motifs is 1. The normalized spacial score (nSPS) is 15.1. The topological polar surface area (TPSA) is 83.9 Å². The molecule has 1 atom stereocenters. The lowest BCUT2D eigenvalue weighted by molar-refractivity contribution is -0.145. The molecule has 1 aromatic rings. The maximum Gasteiger partial charge on any atom is 0.308 e. The Morgan fingerprint density at radius 3 is 2.81 bits per heavy atom. The number of carbonyl (C=O) groups is 3. The van der Waals surface area contributed by atoms with E-state index in [9.17, 15) is 23.9 Å². The highest BCUT2D eigenvalue weighted by atomic mass is 19.1. The molecule has 6 nitrogen and oxygen atoms in total. The molecule has 0 aliphatic carbocycles. The summed E-state index contributed by atoms with van der Waals surface area (Å²) in [6, 6.07) is 3.40. The summed E-state index contributed by atoms with van der Waals surface area (Å²) in [6.45, 7) is 1.59. The number of hydrogen-bond donors (Lipinski definition) is 1. The number of nitrogens with zero attached hydrogens (tertiary/aromatic N) is 1. The van der Waals surface area contributed by atoms with Gasteiger partial charge in [-0.2, -0.15) is 0 Å². The number of aliphatic hydroxyl groups excluding tert-OH is 1. The number of ether oxygens (including phenoxy) is 1. The van der Waals surface area contributed by atoms with E-state index < -0.39 is 29.6 Å². The zero-order valence-electron chi connectivity index (χ0n) is 11.3. The van der Waals surface area contributed by atoms with Gasteiger partial charge in [0.05, 0.1) is 36.9 Å². The van der Waals surface area contributed by atoms with Crippen LogP contribution < -0.4 is 4.90 Å². The summed E-state index contributed by atoms with van der Waals surface area (Å²) in [5.74, 6) is -2.89. The Morgan fingerprint density at radius 1 is 1.43 bits per heavy atom. The number of halogens is 1. The minimum atomic E-state index is -1.17. The van der Waals surface area contributed by atoms with Crippen LogP contribution in [-0.2, 0) is 14.3 Å². The molecule has 0 radical (unpaired) electrons. The van der Waals surface area contributed by atoms with Crippen LogP contribution in [0.15, 0.2) is 18.2 Å². The van der Waals surface area contributed by atoms with Gasteiger partial charge >= 0.3 is 5.97 Å². The van der Waals surface area contributed by atoms with E-state index in [0.717, 1.165) is 17.0 Å². The fourth-order valence-corrected chi connectivity index (χ4v) is 2.14. The Kier molecular flexibility index (Phi) is 4.32. The zero-order chi connectivity index (χ0) is 15.6. The molecule has 1 aliphatic heterocycles. The number of rotatable bonds is 5. The summed E-state index contributed by atoms with van der Waals surface area (Å²) >= 11 is 0. The number of carbonyl (C=O) groups excluding carboxylic acids is 3. The number of esters is 1. The second-order valence-electron chi connectivity index (χ2n) is 4.57. The van der Waals surface area contributed by atoms with Gasteiger partial charge < -0.3 is 14.7 Å². The van der Waals surface area contributed by atoms with Crippen LogP contribution in [0.4, 0.5) is 10.1 Å². The highest BCUT2D eigenvalue weighted by molar-refractivity contribution is 6.52. The third-order valence-electron chi connectivity index (χ3n) is 3.03. The first-order chi connectivity index (χ1) is 9.93. The predicted molar refractivity (Wildman–Crippen MR) is 70.3 cm³/mol. The maximum absolute atomic E-state index is 13.1. The van der Waals surface area contributed by atoms with E-state index in [2.05, 4.69) is 0 Å². The number of β-amino-alcohol motifs (C(OH)–C–C–N with tert-alkyl or cyclic N) is 1. The molecule has 0 aromatic heterocycles. The molecule has 0 bridgehead atoms. The third-order valence-corrected chi connectivity index (χ3v) is 3.03. The van der Waals surface area contributed by atoms with Crippen LogP contribution >= 0.6 is 0 Å². The average molecular weight is 295 g/mol. The molecule has 0 saturated heterocycles. The molecule has 0 fully saturated rings. The van der Waals surface area contributed by atoms with Crippen molar-refractivity contribution in [1.82, 2.24) is 0 Å². The molecule has 1 amide bonds. The Bertz CT molecular complexity index is 601. The van der Waals surface area contributed by atoms with Gasteiger partial charge in [0.1, 0.15) is 5.82 Å². The summed E-state index contributed by atoms with van der Waals surface area (Å²) in [7, 11) is 0. The molecule has 7 heteroatoms. The summed E-state index contributed by atoms with van der Waals surface area (Å²) in [5.41, 5.74) is 0.192. The average Bonchev–Trinajstić information content (AvgIpc) is 2.64. The number of hydrogen-bond acceptors (Lipinski definition) is 5. The van der Waals surface area contributed by atoms with E-state index in [1.54, 1.807) is 6.92 Å². The summed E-state index contributed by atoms with van der Waals surface area (Å²) < 4.78 is 17.8. The SMILES string of the molecule is CCOC(=O)CC(O)CN1C(=O)C(=O)c2cc(F)ccc21. The predicted octanol–water partition coefficient (Wildman–Crippen LogP) is 0.669. The Labute approximate surface area is 120 Å². The molecular formula is C14H14FNO5. The van der Waals surface area contributed by atoms with E-state index >= 15 is 0 Å². The lowest BCUT2D eigenvalue weighted by Crippen LogP contribution is -2.37. The van der Waals surface area contributed by atoms with Gasteiger partial charge in [0.15, 0.2) is 0 Å². The van der Waals surface area contributed by atoms with Crippen LogP contribution in [0.2, 0.25) is 0 Å². The van der Waals surface area contributed by atoms with Crippen molar-refractivity contribution >= 4 is 23.3 Å². The van der Waals surface area contributed by atoms with Crippen LogP contribution in [0.3, 0.4) is 0 Å². The van der Waals surface area contributed by atoms with Crippen molar-refractivity contribution in [2.75, 3.05) is 18.1 Å². The third kappa shape index (κ3) is 3.08. The Hall–Kier alpha value is -2.28. The lowest BCUT2D eigenvalue weighted by atomic mass is 10.1. The van der Waals surface area contributed by atoms with E-state index in [0.29, 0.717) is 0 Å². The summed E-state index contributed by atoms with van der Waals surface area (Å²) in [6.07, 6.45) is -1.46. The first kappa shape index (κ1) is 15.1. The van der Waals surface area contributed by atoms with Gasteiger partial charge in [0.25, 0.3) is 11.7 Å². The van der Waals surface area contributed by atoms with Crippen molar-refractivity contribution in [3.63, 3.8) is 0 Å². The van der Waals surface area contributed by atoms with Crippen LogP contribution in [0, 0.1) is 5.82 Å². The standard InChI is InChI=1S/C14H14FNO5/c1-2-21-12(18)6-9(17)7-16-11-4-3-8(15)5-10(11)13(19)14(16)20/h3-5,9,17H,2,6-7H2,1H3. The van der Waals surface area contributed by atoms with Crippen molar-refractivity contribution < 1.29 is 28.6 Å². The number of aliphatic hydroxyl groups is 1. The summed E-state index contributed by atoms with van der Waals surface area (Å²) in [4.78, 5) is 35.9. The minimum absolute atomic E-state index is 0.0386. The quantitative estimate of drug-likeness (QED) is 0.637. The fourth-order valence-electron chi connectivity index (χ4n) is 2.14. The van der Waals surface area contributed by atoms with E-state index in [1.165, 1.54) is 6.07 Å². The van der Waals surface area contributed by atoms with Crippen LogP contribution in [0.5, 0.6) is 0 Å². The molecule has 0 saturated carbocycles. The fraction of sp³-hybridized carbons (Fsp3) is 0.357. The highest BCUT2D eigenvalue weighted by Gasteiger charge is 2.37. The largest absolute Gasteiger partial charge is 0.466 e. The van der Waals surface area contributed by atoms with Crippen molar-refractivity contribution in [2.45, 2.75) is 19.4 Å². The van der Waals surface area contributed by atoms with Gasteiger partial charge in [0, 0.05) is 0 Å². The van der Waals surface area contributed by atoms with Crippen molar-refractivity contribution in [3.05, 3.63) is 29.6 Å². The molecule has 21 heavy (non-hydrogen) atoms. The smallest absolute Gasteiger partial charge is 0.308 e. The first-order valence-corrected chi connectivity index (χ1v) is 6.43. The van der Waals surface area contributed by atoms with Gasteiger partial charge in [-0.25, -0.2) is 4.39 Å². The van der Waals surface area contributed by atoms with Gasteiger partial charge in [-0.05, 0) is 25.1 Å². The molecule has 1 unspecified atom stereocenters. The first-order valence-electron chi connectivity index (χ1n) is 6.43. The lowest BCUT2D eigenvalue weighted by Gasteiger charge is -2.19. The van der Waals surface area contributed by atoms with Crippen molar-refractivity contribution in [1.29, 1.82) is 0 Å². The number of benzene rings is 1. The molecule has 1 heterocycles. The monoisotopic (exact) mass is 295 g/mol. The molecule has 112 valence electrons. The van der Waals surface area contributed by atoms with Crippen LogP contribution in [-0.4, -0.2) is 42.0 Å². The molecule has 0 spiro atoms.